The number of unbranched alkanes of at least 4 members (excludes halogenated alkanes) is 1. The fourth-order valence-corrected chi connectivity index (χ4v) is 3.45. The van der Waals surface area contributed by atoms with E-state index < -0.39 is 54.4 Å². The van der Waals surface area contributed by atoms with E-state index in [1.807, 2.05) is 13.0 Å². The van der Waals surface area contributed by atoms with E-state index in [-0.39, 0.29) is 0 Å². The lowest BCUT2D eigenvalue weighted by atomic mass is 9.99. The molecule has 9 heteroatoms. The molecular formula is C17H26O8S. The molecule has 148 valence electrons. The fourth-order valence-electron chi connectivity index (χ4n) is 2.48. The lowest BCUT2D eigenvalue weighted by Crippen LogP contribution is -2.61. The number of esters is 3. The summed E-state index contributed by atoms with van der Waals surface area (Å²) in [6, 6.07) is 0. The summed E-state index contributed by atoms with van der Waals surface area (Å²) in [5.74, 6) is -1.86. The van der Waals surface area contributed by atoms with E-state index in [4.69, 9.17) is 18.9 Å². The standard InChI is InChI=1S/C17H26O8S/c1-5-6-7-8-26-17-16(24-12(4)21)15(23-11(3)20)14(22-10(2)19)13(9-18)25-17/h7-8,13-18H,5-6,9H2,1-4H3/t13-,14-,15+,16-,17+/m1/s1. The molecule has 0 unspecified atom stereocenters. The molecule has 0 aromatic heterocycles. The third kappa shape index (κ3) is 6.97. The molecule has 1 fully saturated rings. The van der Waals surface area contributed by atoms with Crippen LogP contribution in [-0.2, 0) is 33.3 Å². The normalized spacial score (nSPS) is 28.6. The number of aliphatic hydroxyl groups is 1. The number of carbonyl (C=O) groups is 3. The molecule has 1 aliphatic rings. The second-order valence-electron chi connectivity index (χ2n) is 5.74. The van der Waals surface area contributed by atoms with Gasteiger partial charge in [0, 0.05) is 20.8 Å². The van der Waals surface area contributed by atoms with E-state index in [1.54, 1.807) is 5.41 Å². The average Bonchev–Trinajstić information content (AvgIpc) is 2.54. The second-order valence-corrected chi connectivity index (χ2v) is 6.75. The van der Waals surface area contributed by atoms with Gasteiger partial charge in [-0.25, -0.2) is 0 Å². The quantitative estimate of drug-likeness (QED) is 0.487. The van der Waals surface area contributed by atoms with Crippen molar-refractivity contribution in [2.45, 2.75) is 70.4 Å². The van der Waals surface area contributed by atoms with Crippen LogP contribution in [0.5, 0.6) is 0 Å². The molecule has 8 nitrogen and oxygen atoms in total. The van der Waals surface area contributed by atoms with E-state index in [0.29, 0.717) is 0 Å². The number of hydrogen-bond acceptors (Lipinski definition) is 9. The molecule has 0 saturated carbocycles. The predicted molar refractivity (Wildman–Crippen MR) is 94.0 cm³/mol. The fraction of sp³-hybridized carbons (Fsp3) is 0.706. The first kappa shape index (κ1) is 22.5. The Morgan fingerprint density at radius 2 is 1.54 bits per heavy atom. The maximum absolute atomic E-state index is 11.5. The number of carbonyl (C=O) groups excluding carboxylic acids is 3. The highest BCUT2D eigenvalue weighted by Crippen LogP contribution is 2.34. The first-order valence-corrected chi connectivity index (χ1v) is 9.32. The Morgan fingerprint density at radius 1 is 1.00 bits per heavy atom. The zero-order chi connectivity index (χ0) is 19.7. The van der Waals surface area contributed by atoms with E-state index in [9.17, 15) is 19.5 Å². The van der Waals surface area contributed by atoms with Gasteiger partial charge in [-0.05, 0) is 11.8 Å². The minimum atomic E-state index is -1.10. The number of aliphatic hydroxyl groups excluding tert-OH is 1. The SMILES string of the molecule is CCCC=CS[C@@H]1O[C@H](CO)[C@@H](OC(C)=O)[C@H](OC(C)=O)[C@H]1OC(C)=O. The summed E-state index contributed by atoms with van der Waals surface area (Å²) in [7, 11) is 0. The Morgan fingerprint density at radius 3 is 2.04 bits per heavy atom. The molecule has 0 radical (unpaired) electrons. The van der Waals surface area contributed by atoms with Crippen LogP contribution in [0.15, 0.2) is 11.5 Å². The largest absolute Gasteiger partial charge is 0.456 e. The lowest BCUT2D eigenvalue weighted by Gasteiger charge is -2.43. The molecule has 0 aromatic rings. The Hall–Kier alpha value is -1.58. The van der Waals surface area contributed by atoms with Gasteiger partial charge in [-0.3, -0.25) is 14.4 Å². The van der Waals surface area contributed by atoms with Crippen molar-refractivity contribution in [3.63, 3.8) is 0 Å². The van der Waals surface area contributed by atoms with Crippen LogP contribution in [-0.4, -0.2) is 59.5 Å². The zero-order valence-corrected chi connectivity index (χ0v) is 16.2. The van der Waals surface area contributed by atoms with Crippen LogP contribution in [0.1, 0.15) is 40.5 Å². The van der Waals surface area contributed by atoms with Gasteiger partial charge in [0.1, 0.15) is 11.5 Å². The summed E-state index contributed by atoms with van der Waals surface area (Å²) in [6.07, 6.45) is -0.339. The van der Waals surface area contributed by atoms with Crippen LogP contribution in [0.3, 0.4) is 0 Å². The van der Waals surface area contributed by atoms with Crippen molar-refractivity contribution < 1.29 is 38.4 Å². The molecule has 1 saturated heterocycles. The van der Waals surface area contributed by atoms with Gasteiger partial charge in [0.05, 0.1) is 6.61 Å². The number of rotatable bonds is 8. The smallest absolute Gasteiger partial charge is 0.303 e. The van der Waals surface area contributed by atoms with Crippen LogP contribution in [0.4, 0.5) is 0 Å². The minimum absolute atomic E-state index is 0.460. The molecule has 1 aliphatic heterocycles. The highest BCUT2D eigenvalue weighted by atomic mass is 32.2. The van der Waals surface area contributed by atoms with Crippen molar-refractivity contribution in [1.29, 1.82) is 0 Å². The summed E-state index contributed by atoms with van der Waals surface area (Å²) in [4.78, 5) is 34.5. The van der Waals surface area contributed by atoms with Crippen molar-refractivity contribution in [3.8, 4) is 0 Å². The van der Waals surface area contributed by atoms with Crippen molar-refractivity contribution in [2.75, 3.05) is 6.61 Å². The summed E-state index contributed by atoms with van der Waals surface area (Å²) < 4.78 is 21.6. The maximum atomic E-state index is 11.5. The van der Waals surface area contributed by atoms with Crippen LogP contribution in [0, 0.1) is 0 Å². The Labute approximate surface area is 157 Å². The van der Waals surface area contributed by atoms with Crippen LogP contribution in [0.2, 0.25) is 0 Å². The summed E-state index contributed by atoms with van der Waals surface area (Å²) >= 11 is 1.24. The number of allylic oxidation sites excluding steroid dienone is 1. The van der Waals surface area contributed by atoms with Crippen LogP contribution >= 0.6 is 11.8 Å². The Bertz CT molecular complexity index is 521. The molecule has 0 aromatic carbocycles. The Kier molecular flexibility index (Phi) is 9.68. The van der Waals surface area contributed by atoms with Crippen LogP contribution in [0.25, 0.3) is 0 Å². The van der Waals surface area contributed by atoms with E-state index >= 15 is 0 Å². The summed E-state index contributed by atoms with van der Waals surface area (Å²) in [6.45, 7) is 5.18. The van der Waals surface area contributed by atoms with E-state index in [2.05, 4.69) is 0 Å². The molecule has 0 spiro atoms. The minimum Gasteiger partial charge on any atom is -0.456 e. The average molecular weight is 390 g/mol. The lowest BCUT2D eigenvalue weighted by molar-refractivity contribution is -0.236. The monoisotopic (exact) mass is 390 g/mol. The molecule has 0 aliphatic carbocycles. The first-order valence-electron chi connectivity index (χ1n) is 8.38. The molecular weight excluding hydrogens is 364 g/mol. The van der Waals surface area contributed by atoms with Gasteiger partial charge in [-0.1, -0.05) is 31.2 Å². The zero-order valence-electron chi connectivity index (χ0n) is 15.4. The van der Waals surface area contributed by atoms with Gasteiger partial charge >= 0.3 is 17.9 Å². The molecule has 26 heavy (non-hydrogen) atoms. The van der Waals surface area contributed by atoms with E-state index in [0.717, 1.165) is 12.8 Å². The van der Waals surface area contributed by atoms with Gasteiger partial charge < -0.3 is 24.1 Å². The van der Waals surface area contributed by atoms with Gasteiger partial charge in [0.25, 0.3) is 0 Å². The van der Waals surface area contributed by atoms with Crippen molar-refractivity contribution >= 4 is 29.7 Å². The summed E-state index contributed by atoms with van der Waals surface area (Å²) in [5, 5.41) is 11.4. The van der Waals surface area contributed by atoms with Gasteiger partial charge in [0.2, 0.25) is 0 Å². The maximum Gasteiger partial charge on any atom is 0.303 e. The molecule has 1 N–H and O–H groups in total. The van der Waals surface area contributed by atoms with Gasteiger partial charge in [-0.15, -0.1) is 0 Å². The molecule has 5 atom stereocenters. The highest BCUT2D eigenvalue weighted by molar-refractivity contribution is 8.02. The van der Waals surface area contributed by atoms with E-state index in [1.165, 1.54) is 32.5 Å². The van der Waals surface area contributed by atoms with Crippen molar-refractivity contribution in [3.05, 3.63) is 11.5 Å². The van der Waals surface area contributed by atoms with Crippen LogP contribution < -0.4 is 0 Å². The summed E-state index contributed by atoms with van der Waals surface area (Å²) in [5.41, 5.74) is -0.736. The highest BCUT2D eigenvalue weighted by Gasteiger charge is 2.51. The first-order chi connectivity index (χ1) is 12.3. The van der Waals surface area contributed by atoms with Crippen molar-refractivity contribution in [2.24, 2.45) is 0 Å². The topological polar surface area (TPSA) is 108 Å². The molecule has 1 heterocycles. The third-order valence-corrected chi connectivity index (χ3v) is 4.44. The predicted octanol–water partition coefficient (Wildman–Crippen LogP) is 1.55. The Balaban J connectivity index is 3.14. The third-order valence-electron chi connectivity index (χ3n) is 3.44. The second kappa shape index (κ2) is 11.2. The molecule has 0 amide bonds. The number of thioether (sulfide) groups is 1. The van der Waals surface area contributed by atoms with Gasteiger partial charge in [-0.2, -0.15) is 0 Å². The number of hydrogen-bond donors (Lipinski definition) is 1. The molecule has 0 bridgehead atoms. The molecule has 1 rings (SSSR count). The van der Waals surface area contributed by atoms with Crippen molar-refractivity contribution in [1.82, 2.24) is 0 Å². The van der Waals surface area contributed by atoms with Gasteiger partial charge in [0.15, 0.2) is 18.3 Å². The number of ether oxygens (including phenoxy) is 4.